The molecule has 1 fully saturated rings. The minimum Gasteiger partial charge on any atom is -0.396 e. The molecule has 1 aromatic rings. The fraction of sp³-hybridized carbons (Fsp3) is 0.600. The van der Waals surface area contributed by atoms with Gasteiger partial charge in [-0.05, 0) is 30.2 Å². The first kappa shape index (κ1) is 19.4. The molecule has 5 nitrogen and oxygen atoms in total. The number of carbonyl (C=O) groups is 2. The number of likely N-dealkylation sites (tertiary alicyclic amines) is 1. The zero-order valence-electron chi connectivity index (χ0n) is 15.3. The van der Waals surface area contributed by atoms with E-state index >= 15 is 0 Å². The van der Waals surface area contributed by atoms with Gasteiger partial charge >= 0.3 is 0 Å². The third-order valence-electron chi connectivity index (χ3n) is 4.87. The van der Waals surface area contributed by atoms with Gasteiger partial charge in [0.15, 0.2) is 0 Å². The Kier molecular flexibility index (Phi) is 7.00. The zero-order valence-corrected chi connectivity index (χ0v) is 15.3. The molecular weight excluding hydrogens is 316 g/mol. The Morgan fingerprint density at radius 1 is 1.28 bits per heavy atom. The molecule has 0 aromatic heterocycles. The third kappa shape index (κ3) is 6.16. The summed E-state index contributed by atoms with van der Waals surface area (Å²) in [6.07, 6.45) is 2.72. The number of piperidine rings is 1. The predicted octanol–water partition coefficient (Wildman–Crippen LogP) is 1.99. The lowest BCUT2D eigenvalue weighted by molar-refractivity contribution is -0.135. The van der Waals surface area contributed by atoms with Crippen molar-refractivity contribution in [2.24, 2.45) is 11.3 Å². The SMILES string of the molecule is CC(C)(CCO)CNC(=O)C1CCCN(C(=O)Cc2ccccc2)C1. The monoisotopic (exact) mass is 346 g/mol. The molecule has 25 heavy (non-hydrogen) atoms. The fourth-order valence-corrected chi connectivity index (χ4v) is 3.16. The molecule has 0 aliphatic carbocycles. The molecule has 2 rings (SSSR count). The van der Waals surface area contributed by atoms with Gasteiger partial charge in [0.25, 0.3) is 0 Å². The van der Waals surface area contributed by atoms with E-state index in [1.165, 1.54) is 0 Å². The summed E-state index contributed by atoms with van der Waals surface area (Å²) < 4.78 is 0. The minimum atomic E-state index is -0.140. The number of nitrogens with one attached hydrogen (secondary N) is 1. The second kappa shape index (κ2) is 8.99. The molecule has 2 N–H and O–H groups in total. The normalized spacial score (nSPS) is 18.0. The Bertz CT molecular complexity index is 572. The van der Waals surface area contributed by atoms with Crippen LogP contribution in [0.2, 0.25) is 0 Å². The highest BCUT2D eigenvalue weighted by atomic mass is 16.3. The van der Waals surface area contributed by atoms with E-state index in [9.17, 15) is 9.59 Å². The van der Waals surface area contributed by atoms with Gasteiger partial charge in [0.05, 0.1) is 12.3 Å². The van der Waals surface area contributed by atoms with Crippen LogP contribution >= 0.6 is 0 Å². The lowest BCUT2D eigenvalue weighted by atomic mass is 9.89. The van der Waals surface area contributed by atoms with Gasteiger partial charge in [-0.2, -0.15) is 0 Å². The van der Waals surface area contributed by atoms with E-state index < -0.39 is 0 Å². The molecule has 1 heterocycles. The Morgan fingerprint density at radius 2 is 2.00 bits per heavy atom. The van der Waals surface area contributed by atoms with Gasteiger partial charge in [-0.25, -0.2) is 0 Å². The first-order valence-electron chi connectivity index (χ1n) is 9.11. The highest BCUT2D eigenvalue weighted by Gasteiger charge is 2.29. The van der Waals surface area contributed by atoms with Gasteiger partial charge in [0.2, 0.25) is 11.8 Å². The van der Waals surface area contributed by atoms with Gasteiger partial charge in [0, 0.05) is 26.2 Å². The van der Waals surface area contributed by atoms with Crippen molar-refractivity contribution in [1.29, 1.82) is 0 Å². The number of amides is 2. The number of hydrogen-bond donors (Lipinski definition) is 2. The van der Waals surface area contributed by atoms with Crippen molar-refractivity contribution in [3.8, 4) is 0 Å². The summed E-state index contributed by atoms with van der Waals surface area (Å²) in [5.74, 6) is -0.0362. The van der Waals surface area contributed by atoms with Crippen LogP contribution in [0.1, 0.15) is 38.7 Å². The molecule has 1 unspecified atom stereocenters. The van der Waals surface area contributed by atoms with Gasteiger partial charge in [-0.3, -0.25) is 9.59 Å². The molecule has 1 atom stereocenters. The molecule has 138 valence electrons. The second-order valence-corrected chi connectivity index (χ2v) is 7.70. The predicted molar refractivity (Wildman–Crippen MR) is 97.9 cm³/mol. The van der Waals surface area contributed by atoms with Crippen LogP contribution in [0.4, 0.5) is 0 Å². The minimum absolute atomic E-state index is 0.0169. The Morgan fingerprint density at radius 3 is 2.68 bits per heavy atom. The lowest BCUT2D eigenvalue weighted by Gasteiger charge is -2.33. The van der Waals surface area contributed by atoms with Crippen molar-refractivity contribution >= 4 is 11.8 Å². The van der Waals surface area contributed by atoms with Gasteiger partial charge in [-0.1, -0.05) is 44.2 Å². The van der Waals surface area contributed by atoms with Crippen LogP contribution in [-0.4, -0.2) is 48.1 Å². The molecule has 0 spiro atoms. The number of aliphatic hydroxyl groups is 1. The second-order valence-electron chi connectivity index (χ2n) is 7.70. The number of aliphatic hydroxyl groups excluding tert-OH is 1. The van der Waals surface area contributed by atoms with Gasteiger partial charge < -0.3 is 15.3 Å². The molecule has 0 radical (unpaired) electrons. The average Bonchev–Trinajstić information content (AvgIpc) is 2.60. The molecule has 0 bridgehead atoms. The number of carbonyl (C=O) groups excluding carboxylic acids is 2. The Labute approximate surface area is 150 Å². The Balaban J connectivity index is 1.85. The fourth-order valence-electron chi connectivity index (χ4n) is 3.16. The molecule has 0 saturated carbocycles. The van der Waals surface area contributed by atoms with Crippen LogP contribution in [0.3, 0.4) is 0 Å². The van der Waals surface area contributed by atoms with Crippen molar-refractivity contribution in [1.82, 2.24) is 10.2 Å². The number of benzene rings is 1. The molecular formula is C20H30N2O3. The largest absolute Gasteiger partial charge is 0.396 e. The smallest absolute Gasteiger partial charge is 0.227 e. The maximum atomic E-state index is 12.5. The maximum absolute atomic E-state index is 12.5. The topological polar surface area (TPSA) is 69.6 Å². The molecule has 1 aliphatic heterocycles. The number of rotatable bonds is 7. The average molecular weight is 346 g/mol. The van der Waals surface area contributed by atoms with E-state index in [0.29, 0.717) is 25.9 Å². The first-order chi connectivity index (χ1) is 11.9. The van der Waals surface area contributed by atoms with E-state index in [0.717, 1.165) is 24.9 Å². The Hall–Kier alpha value is -1.88. The number of hydrogen-bond acceptors (Lipinski definition) is 3. The van der Waals surface area contributed by atoms with Gasteiger partial charge in [-0.15, -0.1) is 0 Å². The standard InChI is InChI=1S/C20H30N2O3/c1-20(2,10-12-23)15-21-19(25)17-9-6-11-22(14-17)18(24)13-16-7-4-3-5-8-16/h3-5,7-8,17,23H,6,9-15H2,1-2H3,(H,21,25). The van der Waals surface area contributed by atoms with Crippen LogP contribution in [0, 0.1) is 11.3 Å². The van der Waals surface area contributed by atoms with Crippen molar-refractivity contribution in [2.75, 3.05) is 26.2 Å². The zero-order chi connectivity index (χ0) is 18.3. The molecule has 5 heteroatoms. The van der Waals surface area contributed by atoms with Crippen molar-refractivity contribution in [3.05, 3.63) is 35.9 Å². The summed E-state index contributed by atoms with van der Waals surface area (Å²) in [4.78, 5) is 26.8. The van der Waals surface area contributed by atoms with Crippen molar-refractivity contribution in [2.45, 2.75) is 39.5 Å². The molecule has 1 aliphatic rings. The van der Waals surface area contributed by atoms with Crippen molar-refractivity contribution < 1.29 is 14.7 Å². The van der Waals surface area contributed by atoms with E-state index in [1.807, 2.05) is 49.1 Å². The summed E-state index contributed by atoms with van der Waals surface area (Å²) in [5.41, 5.74) is 0.881. The summed E-state index contributed by atoms with van der Waals surface area (Å²) in [5, 5.41) is 12.1. The van der Waals surface area contributed by atoms with Crippen LogP contribution in [0.25, 0.3) is 0 Å². The highest BCUT2D eigenvalue weighted by molar-refractivity contribution is 5.82. The van der Waals surface area contributed by atoms with E-state index in [1.54, 1.807) is 0 Å². The summed E-state index contributed by atoms with van der Waals surface area (Å²) in [6.45, 7) is 5.94. The van der Waals surface area contributed by atoms with E-state index in [-0.39, 0.29) is 29.8 Å². The first-order valence-corrected chi connectivity index (χ1v) is 9.11. The molecule has 1 aromatic carbocycles. The van der Waals surface area contributed by atoms with Crippen molar-refractivity contribution in [3.63, 3.8) is 0 Å². The van der Waals surface area contributed by atoms with E-state index in [2.05, 4.69) is 5.32 Å². The molecule has 1 saturated heterocycles. The summed E-state index contributed by atoms with van der Waals surface area (Å²) in [6, 6.07) is 9.71. The summed E-state index contributed by atoms with van der Waals surface area (Å²) >= 11 is 0. The number of nitrogens with zero attached hydrogens (tertiary/aromatic N) is 1. The van der Waals surface area contributed by atoms with Crippen LogP contribution in [0.15, 0.2) is 30.3 Å². The van der Waals surface area contributed by atoms with Crippen LogP contribution in [-0.2, 0) is 16.0 Å². The van der Waals surface area contributed by atoms with Gasteiger partial charge in [0.1, 0.15) is 0 Å². The van der Waals surface area contributed by atoms with Crippen LogP contribution in [0.5, 0.6) is 0 Å². The molecule has 2 amide bonds. The highest BCUT2D eigenvalue weighted by Crippen LogP contribution is 2.21. The van der Waals surface area contributed by atoms with E-state index in [4.69, 9.17) is 5.11 Å². The third-order valence-corrected chi connectivity index (χ3v) is 4.87. The summed E-state index contributed by atoms with van der Waals surface area (Å²) in [7, 11) is 0. The maximum Gasteiger partial charge on any atom is 0.227 e. The lowest BCUT2D eigenvalue weighted by Crippen LogP contribution is -2.47. The van der Waals surface area contributed by atoms with Crippen LogP contribution < -0.4 is 5.32 Å². The quantitative estimate of drug-likeness (QED) is 0.793.